The first kappa shape index (κ1) is 12.6. The first-order valence-corrected chi connectivity index (χ1v) is 6.62. The average molecular weight is 265 g/mol. The Hall–Kier alpha value is -2.42. The summed E-state index contributed by atoms with van der Waals surface area (Å²) >= 11 is 0. The van der Waals surface area contributed by atoms with Gasteiger partial charge in [0.05, 0.1) is 12.7 Å². The second-order valence-corrected chi connectivity index (χ2v) is 4.76. The standard InChI is InChI=1S/C17H15NO2/c1-20-17(19)13-8-7-12-4-2-6-15(16(12)10-13)14-5-3-9-18-11-14/h3,5-11H,2,4H2,1H3. The number of esters is 1. The molecule has 100 valence electrons. The Balaban J connectivity index is 2.09. The Kier molecular flexibility index (Phi) is 3.33. The molecule has 1 aromatic carbocycles. The number of nitrogens with zero attached hydrogens (tertiary/aromatic N) is 1. The van der Waals surface area contributed by atoms with Gasteiger partial charge in [0, 0.05) is 18.0 Å². The highest BCUT2D eigenvalue weighted by molar-refractivity contribution is 5.92. The summed E-state index contributed by atoms with van der Waals surface area (Å²) < 4.78 is 4.80. The summed E-state index contributed by atoms with van der Waals surface area (Å²) in [6.07, 6.45) is 7.83. The Morgan fingerprint density at radius 1 is 1.30 bits per heavy atom. The minimum Gasteiger partial charge on any atom is -0.465 e. The molecule has 1 aromatic heterocycles. The number of methoxy groups -OCH3 is 1. The number of rotatable bonds is 2. The molecule has 0 bridgehead atoms. The van der Waals surface area contributed by atoms with Gasteiger partial charge in [0.2, 0.25) is 0 Å². The van der Waals surface area contributed by atoms with E-state index in [1.807, 2.05) is 36.5 Å². The molecule has 0 saturated heterocycles. The van der Waals surface area contributed by atoms with E-state index in [1.54, 1.807) is 6.20 Å². The second-order valence-electron chi connectivity index (χ2n) is 4.76. The molecule has 3 nitrogen and oxygen atoms in total. The third-order valence-electron chi connectivity index (χ3n) is 3.56. The molecule has 0 fully saturated rings. The van der Waals surface area contributed by atoms with Crippen molar-refractivity contribution in [2.45, 2.75) is 12.8 Å². The van der Waals surface area contributed by atoms with E-state index in [0.29, 0.717) is 5.56 Å². The van der Waals surface area contributed by atoms with E-state index in [0.717, 1.165) is 29.5 Å². The number of pyridine rings is 1. The largest absolute Gasteiger partial charge is 0.465 e. The van der Waals surface area contributed by atoms with E-state index in [9.17, 15) is 4.79 Å². The Labute approximate surface area is 117 Å². The normalized spacial score (nSPS) is 13.3. The first-order valence-electron chi connectivity index (χ1n) is 6.62. The van der Waals surface area contributed by atoms with Crippen LogP contribution in [0.3, 0.4) is 0 Å². The van der Waals surface area contributed by atoms with Crippen molar-refractivity contribution in [3.8, 4) is 0 Å². The fourth-order valence-corrected chi connectivity index (χ4v) is 2.57. The number of carbonyl (C=O) groups excluding carboxylic acids is 1. The minimum absolute atomic E-state index is 0.302. The zero-order chi connectivity index (χ0) is 13.9. The van der Waals surface area contributed by atoms with Gasteiger partial charge in [0.15, 0.2) is 0 Å². The van der Waals surface area contributed by atoms with Crippen LogP contribution < -0.4 is 0 Å². The van der Waals surface area contributed by atoms with E-state index < -0.39 is 0 Å². The molecule has 0 unspecified atom stereocenters. The summed E-state index contributed by atoms with van der Waals surface area (Å²) in [4.78, 5) is 15.9. The maximum absolute atomic E-state index is 11.7. The third-order valence-corrected chi connectivity index (χ3v) is 3.56. The molecule has 0 amide bonds. The van der Waals surface area contributed by atoms with Crippen molar-refractivity contribution in [1.29, 1.82) is 0 Å². The van der Waals surface area contributed by atoms with E-state index in [-0.39, 0.29) is 5.97 Å². The summed E-state index contributed by atoms with van der Waals surface area (Å²) in [6.45, 7) is 0. The SMILES string of the molecule is COC(=O)c1ccc2c(c1)C(c1cccnc1)=CCC2. The number of hydrogen-bond donors (Lipinski definition) is 0. The van der Waals surface area contributed by atoms with Gasteiger partial charge in [-0.25, -0.2) is 4.79 Å². The van der Waals surface area contributed by atoms with Crippen molar-refractivity contribution in [2.24, 2.45) is 0 Å². The van der Waals surface area contributed by atoms with E-state index >= 15 is 0 Å². The summed E-state index contributed by atoms with van der Waals surface area (Å²) in [5, 5.41) is 0. The number of fused-ring (bicyclic) bond motifs is 1. The summed E-state index contributed by atoms with van der Waals surface area (Å²) in [5.74, 6) is -0.302. The lowest BCUT2D eigenvalue weighted by atomic mass is 9.86. The number of aromatic nitrogens is 1. The van der Waals surface area contributed by atoms with Crippen molar-refractivity contribution >= 4 is 11.5 Å². The molecule has 20 heavy (non-hydrogen) atoms. The highest BCUT2D eigenvalue weighted by Gasteiger charge is 2.17. The van der Waals surface area contributed by atoms with Crippen LogP contribution >= 0.6 is 0 Å². The van der Waals surface area contributed by atoms with E-state index in [1.165, 1.54) is 12.7 Å². The molecule has 0 aliphatic heterocycles. The maximum atomic E-state index is 11.7. The molecule has 0 spiro atoms. The van der Waals surface area contributed by atoms with Gasteiger partial charge < -0.3 is 4.74 Å². The zero-order valence-electron chi connectivity index (χ0n) is 11.3. The quantitative estimate of drug-likeness (QED) is 0.782. The van der Waals surface area contributed by atoms with Gasteiger partial charge in [-0.1, -0.05) is 18.2 Å². The fraction of sp³-hybridized carbons (Fsp3) is 0.176. The van der Waals surface area contributed by atoms with Crippen molar-refractivity contribution in [1.82, 2.24) is 4.98 Å². The molecule has 2 aromatic rings. The zero-order valence-corrected chi connectivity index (χ0v) is 11.3. The predicted octanol–water partition coefficient (Wildman–Crippen LogP) is 3.25. The van der Waals surface area contributed by atoms with Crippen LogP contribution in [0.15, 0.2) is 48.8 Å². The minimum atomic E-state index is -0.302. The Bertz CT molecular complexity index is 675. The fourth-order valence-electron chi connectivity index (χ4n) is 2.57. The van der Waals surface area contributed by atoms with Crippen LogP contribution in [0, 0.1) is 0 Å². The van der Waals surface area contributed by atoms with Gasteiger partial charge >= 0.3 is 5.97 Å². The van der Waals surface area contributed by atoms with Crippen LogP contribution in [0.25, 0.3) is 5.57 Å². The monoisotopic (exact) mass is 265 g/mol. The predicted molar refractivity (Wildman–Crippen MR) is 77.4 cm³/mol. The van der Waals surface area contributed by atoms with Crippen LogP contribution in [-0.4, -0.2) is 18.1 Å². The van der Waals surface area contributed by atoms with Crippen molar-refractivity contribution < 1.29 is 9.53 Å². The summed E-state index contributed by atoms with van der Waals surface area (Å²) in [7, 11) is 1.40. The molecule has 0 saturated carbocycles. The molecular formula is C17H15NO2. The maximum Gasteiger partial charge on any atom is 0.337 e. The second kappa shape index (κ2) is 5.29. The molecule has 0 N–H and O–H groups in total. The molecule has 3 rings (SSSR count). The number of carbonyl (C=O) groups is 1. The lowest BCUT2D eigenvalue weighted by Gasteiger charge is -2.18. The number of aryl methyl sites for hydroxylation is 1. The van der Waals surface area contributed by atoms with Crippen LogP contribution in [0.5, 0.6) is 0 Å². The number of allylic oxidation sites excluding steroid dienone is 1. The average Bonchev–Trinajstić information content (AvgIpc) is 2.54. The molecular weight excluding hydrogens is 250 g/mol. The van der Waals surface area contributed by atoms with Gasteiger partial charge in [-0.15, -0.1) is 0 Å². The molecule has 1 heterocycles. The topological polar surface area (TPSA) is 39.2 Å². The van der Waals surface area contributed by atoms with Crippen molar-refractivity contribution in [2.75, 3.05) is 7.11 Å². The van der Waals surface area contributed by atoms with Gasteiger partial charge in [-0.2, -0.15) is 0 Å². The van der Waals surface area contributed by atoms with Crippen LogP contribution in [0.4, 0.5) is 0 Å². The van der Waals surface area contributed by atoms with Crippen molar-refractivity contribution in [3.05, 3.63) is 71.1 Å². The molecule has 0 atom stereocenters. The smallest absolute Gasteiger partial charge is 0.337 e. The van der Waals surface area contributed by atoms with Crippen LogP contribution in [-0.2, 0) is 11.2 Å². The van der Waals surface area contributed by atoms with E-state index in [4.69, 9.17) is 4.74 Å². The number of benzene rings is 1. The van der Waals surface area contributed by atoms with Crippen LogP contribution in [0.2, 0.25) is 0 Å². The summed E-state index contributed by atoms with van der Waals surface area (Å²) in [6, 6.07) is 9.73. The van der Waals surface area contributed by atoms with Crippen LogP contribution in [0.1, 0.15) is 33.5 Å². The lowest BCUT2D eigenvalue weighted by molar-refractivity contribution is 0.0600. The summed E-state index contributed by atoms with van der Waals surface area (Å²) in [5.41, 5.74) is 5.18. The highest BCUT2D eigenvalue weighted by Crippen LogP contribution is 2.32. The number of ether oxygens (including phenoxy) is 1. The Morgan fingerprint density at radius 2 is 2.20 bits per heavy atom. The van der Waals surface area contributed by atoms with Gasteiger partial charge in [-0.05, 0) is 47.7 Å². The molecule has 1 aliphatic rings. The van der Waals surface area contributed by atoms with Gasteiger partial charge in [0.25, 0.3) is 0 Å². The molecule has 1 aliphatic carbocycles. The Morgan fingerprint density at radius 3 is 2.95 bits per heavy atom. The number of hydrogen-bond acceptors (Lipinski definition) is 3. The lowest BCUT2D eigenvalue weighted by Crippen LogP contribution is -2.06. The molecule has 3 heteroatoms. The third kappa shape index (κ3) is 2.23. The van der Waals surface area contributed by atoms with Gasteiger partial charge in [0.1, 0.15) is 0 Å². The highest BCUT2D eigenvalue weighted by atomic mass is 16.5. The molecule has 0 radical (unpaired) electrons. The van der Waals surface area contributed by atoms with Gasteiger partial charge in [-0.3, -0.25) is 4.98 Å². The van der Waals surface area contributed by atoms with Crippen molar-refractivity contribution in [3.63, 3.8) is 0 Å². The van der Waals surface area contributed by atoms with E-state index in [2.05, 4.69) is 11.1 Å². The first-order chi connectivity index (χ1) is 9.79.